The molecule has 182 valence electrons. The Morgan fingerprint density at radius 1 is 1.12 bits per heavy atom. The zero-order valence-corrected chi connectivity index (χ0v) is 20.7. The first-order valence-corrected chi connectivity index (χ1v) is 12.6. The van der Waals surface area contributed by atoms with Gasteiger partial charge in [-0.3, -0.25) is 0 Å². The molecule has 2 aromatic carbocycles. The first-order chi connectivity index (χ1) is 15.9. The molecule has 1 atom stereocenters. The van der Waals surface area contributed by atoms with Gasteiger partial charge in [0.1, 0.15) is 5.60 Å². The minimum atomic E-state index is -3.85. The third kappa shape index (κ3) is 7.16. The van der Waals surface area contributed by atoms with Gasteiger partial charge in [-0.1, -0.05) is 30.3 Å². The SMILES string of the molecule is C[C@H](CN(CCc1ccccc1)C(=O)OC(C)(C)C)NS(=O)(=O)c1ccc2c[n+]([O-])ccc2c1. The van der Waals surface area contributed by atoms with Crippen molar-refractivity contribution < 1.29 is 22.7 Å². The van der Waals surface area contributed by atoms with Crippen molar-refractivity contribution in [1.82, 2.24) is 9.62 Å². The number of carbonyl (C=O) groups is 1. The molecule has 8 nitrogen and oxygen atoms in total. The van der Waals surface area contributed by atoms with Crippen LogP contribution in [0.2, 0.25) is 0 Å². The summed E-state index contributed by atoms with van der Waals surface area (Å²) >= 11 is 0. The van der Waals surface area contributed by atoms with Crippen LogP contribution in [0.3, 0.4) is 0 Å². The Morgan fingerprint density at radius 2 is 1.82 bits per heavy atom. The summed E-state index contributed by atoms with van der Waals surface area (Å²) in [6.07, 6.45) is 2.82. The second kappa shape index (κ2) is 10.4. The standard InChI is InChI=1S/C25H31N3O5S/c1-19(26-34(31,32)23-11-10-22-18-28(30)15-13-21(22)16-23)17-27(24(29)33-25(2,3)4)14-12-20-8-6-5-7-9-20/h5-11,13,15-16,18-19,26H,12,14,17H2,1-4H3/t19-/m1/s1. The van der Waals surface area contributed by atoms with E-state index in [9.17, 15) is 18.4 Å². The third-order valence-corrected chi connectivity index (χ3v) is 6.64. The van der Waals surface area contributed by atoms with Gasteiger partial charge in [-0.05, 0) is 63.3 Å². The lowest BCUT2D eigenvalue weighted by molar-refractivity contribution is -0.603. The van der Waals surface area contributed by atoms with Crippen LogP contribution in [0.25, 0.3) is 10.8 Å². The minimum Gasteiger partial charge on any atom is -0.619 e. The van der Waals surface area contributed by atoms with Gasteiger partial charge in [0.05, 0.1) is 4.90 Å². The van der Waals surface area contributed by atoms with E-state index in [4.69, 9.17) is 4.74 Å². The van der Waals surface area contributed by atoms with E-state index in [0.717, 1.165) is 5.56 Å². The van der Waals surface area contributed by atoms with Gasteiger partial charge in [-0.25, -0.2) is 17.9 Å². The number of amides is 1. The molecule has 1 N–H and O–H groups in total. The number of aromatic nitrogens is 1. The van der Waals surface area contributed by atoms with Crippen LogP contribution in [-0.4, -0.2) is 44.1 Å². The highest BCUT2D eigenvalue weighted by Crippen LogP contribution is 2.18. The zero-order chi connectivity index (χ0) is 24.9. The topological polar surface area (TPSA) is 103 Å². The normalized spacial score (nSPS) is 12.9. The molecule has 0 spiro atoms. The second-order valence-corrected chi connectivity index (χ2v) is 11.0. The molecule has 3 aromatic rings. The molecule has 0 aliphatic carbocycles. The predicted octanol–water partition coefficient (Wildman–Crippen LogP) is 3.62. The number of benzene rings is 2. The molecule has 0 bridgehead atoms. The summed E-state index contributed by atoms with van der Waals surface area (Å²) in [5.74, 6) is 0. The lowest BCUT2D eigenvalue weighted by atomic mass is 10.1. The number of nitrogens with one attached hydrogen (secondary N) is 1. The highest BCUT2D eigenvalue weighted by molar-refractivity contribution is 7.89. The number of rotatable bonds is 8. The van der Waals surface area contributed by atoms with Crippen molar-refractivity contribution in [3.63, 3.8) is 0 Å². The molecule has 0 unspecified atom stereocenters. The Labute approximate surface area is 200 Å². The molecule has 0 radical (unpaired) electrons. The van der Waals surface area contributed by atoms with Crippen LogP contribution in [0.15, 0.2) is 71.9 Å². The fourth-order valence-corrected chi connectivity index (χ4v) is 4.78. The lowest BCUT2D eigenvalue weighted by Crippen LogP contribution is -2.46. The lowest BCUT2D eigenvalue weighted by Gasteiger charge is -2.29. The molecule has 0 aliphatic heterocycles. The Bertz CT molecular complexity index is 1240. The first kappa shape index (κ1) is 25.5. The fourth-order valence-electron chi connectivity index (χ4n) is 3.51. The van der Waals surface area contributed by atoms with Crippen LogP contribution in [0.1, 0.15) is 33.3 Å². The summed E-state index contributed by atoms with van der Waals surface area (Å²) in [5, 5.41) is 12.7. The first-order valence-electron chi connectivity index (χ1n) is 11.1. The molecule has 9 heteroatoms. The Kier molecular flexibility index (Phi) is 7.78. The van der Waals surface area contributed by atoms with Crippen molar-refractivity contribution in [3.8, 4) is 0 Å². The van der Waals surface area contributed by atoms with Gasteiger partial charge < -0.3 is 14.8 Å². The summed E-state index contributed by atoms with van der Waals surface area (Å²) < 4.78 is 34.9. The van der Waals surface area contributed by atoms with E-state index in [2.05, 4.69) is 4.72 Å². The molecule has 1 heterocycles. The molecule has 0 saturated carbocycles. The van der Waals surface area contributed by atoms with Crippen LogP contribution in [0, 0.1) is 5.21 Å². The fraction of sp³-hybridized carbons (Fsp3) is 0.360. The summed E-state index contributed by atoms with van der Waals surface area (Å²) in [4.78, 5) is 14.4. The maximum absolute atomic E-state index is 13.0. The summed E-state index contributed by atoms with van der Waals surface area (Å²) in [6.45, 7) is 7.61. The number of hydrogen-bond donors (Lipinski definition) is 1. The number of ether oxygens (including phenoxy) is 1. The zero-order valence-electron chi connectivity index (χ0n) is 19.9. The largest absolute Gasteiger partial charge is 0.619 e. The van der Waals surface area contributed by atoms with Crippen molar-refractivity contribution in [2.75, 3.05) is 13.1 Å². The van der Waals surface area contributed by atoms with E-state index in [-0.39, 0.29) is 11.4 Å². The number of hydrogen-bond acceptors (Lipinski definition) is 5. The van der Waals surface area contributed by atoms with Gasteiger partial charge in [0, 0.05) is 30.6 Å². The van der Waals surface area contributed by atoms with E-state index in [0.29, 0.717) is 28.5 Å². The Balaban J connectivity index is 1.73. The summed E-state index contributed by atoms with van der Waals surface area (Å²) in [6, 6.07) is 15.3. The van der Waals surface area contributed by atoms with Crippen LogP contribution in [-0.2, 0) is 21.2 Å². The Hall–Kier alpha value is -3.17. The average Bonchev–Trinajstić information content (AvgIpc) is 2.75. The Morgan fingerprint density at radius 3 is 2.50 bits per heavy atom. The third-order valence-electron chi connectivity index (χ3n) is 5.05. The van der Waals surface area contributed by atoms with E-state index >= 15 is 0 Å². The second-order valence-electron chi connectivity index (χ2n) is 9.28. The van der Waals surface area contributed by atoms with Crippen molar-refractivity contribution >= 4 is 26.9 Å². The quantitative estimate of drug-likeness (QED) is 0.388. The van der Waals surface area contributed by atoms with Gasteiger partial charge in [0.2, 0.25) is 10.0 Å². The van der Waals surface area contributed by atoms with Crippen LogP contribution >= 0.6 is 0 Å². The smallest absolute Gasteiger partial charge is 0.410 e. The number of sulfonamides is 1. The maximum atomic E-state index is 13.0. The number of pyridine rings is 1. The monoisotopic (exact) mass is 485 g/mol. The van der Waals surface area contributed by atoms with Crippen molar-refractivity contribution in [2.24, 2.45) is 0 Å². The molecule has 1 aromatic heterocycles. The molecule has 0 saturated heterocycles. The van der Waals surface area contributed by atoms with Crippen molar-refractivity contribution in [2.45, 2.75) is 50.7 Å². The molecule has 0 fully saturated rings. The molecule has 3 rings (SSSR count). The van der Waals surface area contributed by atoms with Crippen LogP contribution in [0.5, 0.6) is 0 Å². The minimum absolute atomic E-state index is 0.0867. The van der Waals surface area contributed by atoms with Crippen LogP contribution in [0.4, 0.5) is 4.79 Å². The molecule has 1 amide bonds. The number of nitrogens with zero attached hydrogens (tertiary/aromatic N) is 2. The van der Waals surface area contributed by atoms with Gasteiger partial charge in [-0.2, -0.15) is 4.73 Å². The molecular weight excluding hydrogens is 454 g/mol. The van der Waals surface area contributed by atoms with Crippen molar-refractivity contribution in [3.05, 3.63) is 77.8 Å². The number of carbonyl (C=O) groups excluding carboxylic acids is 1. The van der Waals surface area contributed by atoms with E-state index < -0.39 is 27.8 Å². The molecule has 34 heavy (non-hydrogen) atoms. The summed E-state index contributed by atoms with van der Waals surface area (Å²) in [7, 11) is -3.85. The highest BCUT2D eigenvalue weighted by atomic mass is 32.2. The van der Waals surface area contributed by atoms with Crippen LogP contribution < -0.4 is 9.45 Å². The van der Waals surface area contributed by atoms with Gasteiger partial charge in [-0.15, -0.1) is 0 Å². The van der Waals surface area contributed by atoms with Gasteiger partial charge in [0.15, 0.2) is 12.4 Å². The average molecular weight is 486 g/mol. The van der Waals surface area contributed by atoms with Gasteiger partial charge in [0.25, 0.3) is 0 Å². The van der Waals surface area contributed by atoms with Crippen molar-refractivity contribution in [1.29, 1.82) is 0 Å². The van der Waals surface area contributed by atoms with E-state index in [1.54, 1.807) is 39.8 Å². The van der Waals surface area contributed by atoms with E-state index in [1.165, 1.54) is 29.4 Å². The molecular formula is C25H31N3O5S. The molecule has 0 aliphatic rings. The summed E-state index contributed by atoms with van der Waals surface area (Å²) in [5.41, 5.74) is 0.401. The number of fused-ring (bicyclic) bond motifs is 1. The van der Waals surface area contributed by atoms with Gasteiger partial charge >= 0.3 is 6.09 Å². The maximum Gasteiger partial charge on any atom is 0.410 e. The predicted molar refractivity (Wildman–Crippen MR) is 131 cm³/mol. The highest BCUT2D eigenvalue weighted by Gasteiger charge is 2.25. The van der Waals surface area contributed by atoms with E-state index in [1.807, 2.05) is 30.3 Å².